The molecule has 0 radical (unpaired) electrons. The highest BCUT2D eigenvalue weighted by molar-refractivity contribution is 5.00. The fourth-order valence-electron chi connectivity index (χ4n) is 0.845. The van der Waals surface area contributed by atoms with E-state index in [1.165, 1.54) is 0 Å². The van der Waals surface area contributed by atoms with E-state index in [-0.39, 0.29) is 6.61 Å². The molecule has 0 amide bonds. The minimum Gasteiger partial charge on any atom is -0.388 e. The lowest BCUT2D eigenvalue weighted by Crippen LogP contribution is -2.29. The molecule has 9 heavy (non-hydrogen) atoms. The van der Waals surface area contributed by atoms with Crippen molar-refractivity contribution in [3.8, 4) is 0 Å². The van der Waals surface area contributed by atoms with Gasteiger partial charge in [-0.2, -0.15) is 0 Å². The predicted molar refractivity (Wildman–Crippen MR) is 31.9 cm³/mol. The summed E-state index contributed by atoms with van der Waals surface area (Å²) >= 11 is 0. The lowest BCUT2D eigenvalue weighted by Gasteiger charge is -2.07. The van der Waals surface area contributed by atoms with Crippen LogP contribution in [-0.2, 0) is 4.74 Å². The Bertz CT molecular complexity index is 132. The van der Waals surface area contributed by atoms with Crippen LogP contribution in [0.5, 0.6) is 0 Å². The highest BCUT2D eigenvalue weighted by Crippen LogP contribution is 2.21. The first kappa shape index (κ1) is 6.53. The zero-order valence-electron chi connectivity index (χ0n) is 5.13. The number of rotatable bonds is 1. The van der Waals surface area contributed by atoms with Crippen LogP contribution >= 0.6 is 0 Å². The standard InChI is InChI=1S/C6H9NO2/c1-7-6(4-8)2-3-9-5-6/h8H,2-5H2. The van der Waals surface area contributed by atoms with Gasteiger partial charge in [-0.15, -0.1) is 0 Å². The van der Waals surface area contributed by atoms with Gasteiger partial charge in [0.2, 0.25) is 0 Å². The summed E-state index contributed by atoms with van der Waals surface area (Å²) in [4.78, 5) is 3.31. The van der Waals surface area contributed by atoms with Crippen molar-refractivity contribution < 1.29 is 9.84 Å². The minimum absolute atomic E-state index is 0.0729. The maximum absolute atomic E-state index is 8.72. The Morgan fingerprint density at radius 1 is 1.78 bits per heavy atom. The van der Waals surface area contributed by atoms with Crippen LogP contribution in [-0.4, -0.2) is 30.5 Å². The van der Waals surface area contributed by atoms with Crippen LogP contribution in [0.25, 0.3) is 4.85 Å². The lowest BCUT2D eigenvalue weighted by atomic mass is 10.0. The maximum atomic E-state index is 8.72. The van der Waals surface area contributed by atoms with E-state index >= 15 is 0 Å². The maximum Gasteiger partial charge on any atom is 0.280 e. The Kier molecular flexibility index (Phi) is 1.70. The number of aliphatic hydroxyl groups excluding tert-OH is 1. The molecule has 0 aromatic carbocycles. The summed E-state index contributed by atoms with van der Waals surface area (Å²) in [6.07, 6.45) is 0.674. The number of aliphatic hydroxyl groups is 1. The van der Waals surface area contributed by atoms with Crippen LogP contribution in [0.3, 0.4) is 0 Å². The van der Waals surface area contributed by atoms with Gasteiger partial charge in [-0.25, -0.2) is 6.57 Å². The van der Waals surface area contributed by atoms with Crippen LogP contribution < -0.4 is 0 Å². The van der Waals surface area contributed by atoms with Gasteiger partial charge in [0.25, 0.3) is 5.54 Å². The third kappa shape index (κ3) is 1.04. The van der Waals surface area contributed by atoms with Crippen molar-refractivity contribution in [2.75, 3.05) is 19.8 Å². The molecular weight excluding hydrogens is 118 g/mol. The van der Waals surface area contributed by atoms with Gasteiger partial charge in [0.1, 0.15) is 13.2 Å². The fourth-order valence-corrected chi connectivity index (χ4v) is 0.845. The Labute approximate surface area is 54.1 Å². The first-order valence-electron chi connectivity index (χ1n) is 2.90. The van der Waals surface area contributed by atoms with Crippen molar-refractivity contribution in [2.45, 2.75) is 12.0 Å². The van der Waals surface area contributed by atoms with E-state index in [9.17, 15) is 0 Å². The molecule has 50 valence electrons. The lowest BCUT2D eigenvalue weighted by molar-refractivity contribution is 0.158. The molecular formula is C6H9NO2. The largest absolute Gasteiger partial charge is 0.388 e. The summed E-state index contributed by atoms with van der Waals surface area (Å²) in [5, 5.41) is 8.72. The van der Waals surface area contributed by atoms with E-state index in [0.29, 0.717) is 19.6 Å². The normalized spacial score (nSPS) is 34.2. The Hall–Kier alpha value is -0.590. The molecule has 0 spiro atoms. The molecule has 0 bridgehead atoms. The summed E-state index contributed by atoms with van der Waals surface area (Å²) in [5.41, 5.74) is -0.597. The van der Waals surface area contributed by atoms with Crippen molar-refractivity contribution in [2.24, 2.45) is 0 Å². The second-order valence-electron chi connectivity index (χ2n) is 2.30. The van der Waals surface area contributed by atoms with E-state index < -0.39 is 5.54 Å². The van der Waals surface area contributed by atoms with E-state index in [2.05, 4.69) is 4.85 Å². The minimum atomic E-state index is -0.597. The fraction of sp³-hybridized carbons (Fsp3) is 0.833. The highest BCUT2D eigenvalue weighted by atomic mass is 16.5. The second-order valence-corrected chi connectivity index (χ2v) is 2.30. The monoisotopic (exact) mass is 127 g/mol. The van der Waals surface area contributed by atoms with Crippen molar-refractivity contribution >= 4 is 0 Å². The van der Waals surface area contributed by atoms with Crippen LogP contribution in [0.1, 0.15) is 6.42 Å². The van der Waals surface area contributed by atoms with Crippen molar-refractivity contribution in [1.82, 2.24) is 0 Å². The van der Waals surface area contributed by atoms with Gasteiger partial charge in [0.15, 0.2) is 0 Å². The molecule has 1 fully saturated rings. The summed E-state index contributed by atoms with van der Waals surface area (Å²) in [6.45, 7) is 7.67. The molecule has 1 N–H and O–H groups in total. The van der Waals surface area contributed by atoms with Crippen LogP contribution in [0.4, 0.5) is 0 Å². The Morgan fingerprint density at radius 3 is 2.78 bits per heavy atom. The highest BCUT2D eigenvalue weighted by Gasteiger charge is 2.40. The van der Waals surface area contributed by atoms with Gasteiger partial charge in [-0.3, -0.25) is 0 Å². The molecule has 1 unspecified atom stereocenters. The van der Waals surface area contributed by atoms with Crippen LogP contribution in [0.15, 0.2) is 0 Å². The van der Waals surface area contributed by atoms with Crippen LogP contribution in [0, 0.1) is 6.57 Å². The predicted octanol–water partition coefficient (Wildman–Crippen LogP) is 0.0571. The molecule has 0 saturated carbocycles. The average Bonchev–Trinajstić information content (AvgIpc) is 2.36. The molecule has 0 aromatic heterocycles. The van der Waals surface area contributed by atoms with Gasteiger partial charge in [-0.1, -0.05) is 0 Å². The van der Waals surface area contributed by atoms with Crippen LogP contribution in [0.2, 0.25) is 0 Å². The van der Waals surface area contributed by atoms with E-state index in [0.717, 1.165) is 0 Å². The molecule has 1 atom stereocenters. The number of ether oxygens (including phenoxy) is 1. The van der Waals surface area contributed by atoms with E-state index in [1.807, 2.05) is 0 Å². The third-order valence-corrected chi connectivity index (χ3v) is 1.61. The quantitative estimate of drug-likeness (QED) is 0.505. The van der Waals surface area contributed by atoms with Crippen molar-refractivity contribution in [1.29, 1.82) is 0 Å². The summed E-state index contributed by atoms with van der Waals surface area (Å²) in [7, 11) is 0. The zero-order valence-corrected chi connectivity index (χ0v) is 5.13. The third-order valence-electron chi connectivity index (χ3n) is 1.61. The summed E-state index contributed by atoms with van der Waals surface area (Å²) in [5.74, 6) is 0. The number of nitrogens with zero attached hydrogens (tertiary/aromatic N) is 1. The van der Waals surface area contributed by atoms with E-state index in [4.69, 9.17) is 16.4 Å². The Morgan fingerprint density at radius 2 is 2.56 bits per heavy atom. The molecule has 1 aliphatic rings. The molecule has 0 aromatic rings. The molecule has 1 saturated heterocycles. The molecule has 0 aliphatic carbocycles. The van der Waals surface area contributed by atoms with Gasteiger partial charge in [-0.05, 0) is 0 Å². The van der Waals surface area contributed by atoms with Gasteiger partial charge < -0.3 is 14.7 Å². The molecule has 1 rings (SSSR count). The molecule has 3 nitrogen and oxygen atoms in total. The first-order valence-corrected chi connectivity index (χ1v) is 2.90. The Balaban J connectivity index is 2.59. The number of hydrogen-bond acceptors (Lipinski definition) is 2. The van der Waals surface area contributed by atoms with Gasteiger partial charge in [0.05, 0.1) is 13.0 Å². The van der Waals surface area contributed by atoms with Gasteiger partial charge in [0, 0.05) is 0 Å². The number of hydrogen-bond donors (Lipinski definition) is 1. The SMILES string of the molecule is [C-]#[N+]C1(CO)CCOC1. The topological polar surface area (TPSA) is 33.8 Å². The van der Waals surface area contributed by atoms with E-state index in [1.54, 1.807) is 0 Å². The van der Waals surface area contributed by atoms with Crippen molar-refractivity contribution in [3.63, 3.8) is 0 Å². The summed E-state index contributed by atoms with van der Waals surface area (Å²) < 4.78 is 4.97. The average molecular weight is 127 g/mol. The molecule has 3 heteroatoms. The molecule has 1 heterocycles. The smallest absolute Gasteiger partial charge is 0.280 e. The first-order chi connectivity index (χ1) is 4.33. The summed E-state index contributed by atoms with van der Waals surface area (Å²) in [6, 6.07) is 0. The van der Waals surface area contributed by atoms with Gasteiger partial charge >= 0.3 is 0 Å². The molecule has 1 aliphatic heterocycles. The zero-order chi connectivity index (χ0) is 6.74. The second kappa shape index (κ2) is 2.34. The van der Waals surface area contributed by atoms with Crippen molar-refractivity contribution in [3.05, 3.63) is 11.4 Å².